The molecule has 0 aromatic heterocycles. The maximum atomic E-state index is 11.6. The smallest absolute Gasteiger partial charge is 0.170 e. The highest BCUT2D eigenvalue weighted by atomic mass is 16.3. The van der Waals surface area contributed by atoms with Crippen LogP contribution in [0.4, 0.5) is 0 Å². The first-order valence-corrected chi connectivity index (χ1v) is 5.66. The van der Waals surface area contributed by atoms with Gasteiger partial charge in [0.25, 0.3) is 0 Å². The Morgan fingerprint density at radius 3 is 2.12 bits per heavy atom. The lowest BCUT2D eigenvalue weighted by Gasteiger charge is -2.13. The molecule has 0 aliphatic heterocycles. The molecule has 0 unspecified atom stereocenters. The van der Waals surface area contributed by atoms with Crippen LogP contribution in [0.25, 0.3) is 5.76 Å². The molecule has 1 aliphatic rings. The van der Waals surface area contributed by atoms with Crippen molar-refractivity contribution < 1.29 is 14.7 Å². The zero-order valence-corrected chi connectivity index (χ0v) is 9.69. The van der Waals surface area contributed by atoms with Crippen LogP contribution in [0, 0.1) is 6.92 Å². The highest BCUT2D eigenvalue weighted by Gasteiger charge is 2.27. The van der Waals surface area contributed by atoms with Crippen LogP contribution < -0.4 is 0 Å². The number of rotatable bonds is 1. The Bertz CT molecular complexity index is 477. The molecule has 1 aromatic carbocycles. The van der Waals surface area contributed by atoms with Gasteiger partial charge in [0.05, 0.1) is 0 Å². The van der Waals surface area contributed by atoms with Crippen LogP contribution in [-0.2, 0) is 9.59 Å². The van der Waals surface area contributed by atoms with Gasteiger partial charge in [-0.3, -0.25) is 9.59 Å². The molecular formula is C14H14O3. The summed E-state index contributed by atoms with van der Waals surface area (Å²) in [5.74, 6) is -0.682. The van der Waals surface area contributed by atoms with E-state index in [1.807, 2.05) is 19.1 Å². The highest BCUT2D eigenvalue weighted by molar-refractivity contribution is 6.25. The van der Waals surface area contributed by atoms with Crippen LogP contribution in [-0.4, -0.2) is 16.7 Å². The zero-order chi connectivity index (χ0) is 12.4. The molecular weight excluding hydrogens is 216 g/mol. The standard InChI is InChI=1S/C14H14O3/c1-9-5-7-10(8-6-9)14(17)13-11(15)3-2-4-12(13)16/h5-8,17H,2-4H2,1H3. The summed E-state index contributed by atoms with van der Waals surface area (Å²) in [5, 5.41) is 10.0. The maximum Gasteiger partial charge on any atom is 0.170 e. The molecule has 0 atom stereocenters. The quantitative estimate of drug-likeness (QED) is 0.458. The Balaban J connectivity index is 2.45. The molecule has 0 amide bonds. The lowest BCUT2D eigenvalue weighted by Crippen LogP contribution is -2.20. The van der Waals surface area contributed by atoms with Crippen molar-refractivity contribution in [2.45, 2.75) is 26.2 Å². The number of ketones is 2. The average molecular weight is 230 g/mol. The molecule has 0 saturated heterocycles. The molecule has 1 fully saturated rings. The second kappa shape index (κ2) is 4.53. The minimum atomic E-state index is -0.251. The minimum Gasteiger partial charge on any atom is -0.506 e. The summed E-state index contributed by atoms with van der Waals surface area (Å²) >= 11 is 0. The number of carbonyl (C=O) groups is 2. The summed E-state index contributed by atoms with van der Waals surface area (Å²) in [5.41, 5.74) is 1.56. The first kappa shape index (κ1) is 11.6. The first-order chi connectivity index (χ1) is 8.09. The number of hydrogen-bond donors (Lipinski definition) is 1. The van der Waals surface area contributed by atoms with E-state index >= 15 is 0 Å². The van der Waals surface area contributed by atoms with E-state index in [0.29, 0.717) is 24.8 Å². The van der Waals surface area contributed by atoms with Gasteiger partial charge in [0.1, 0.15) is 11.3 Å². The summed E-state index contributed by atoms with van der Waals surface area (Å²) in [4.78, 5) is 23.3. The predicted octanol–water partition coefficient (Wildman–Crippen LogP) is 2.59. The van der Waals surface area contributed by atoms with Crippen LogP contribution in [0.3, 0.4) is 0 Å². The van der Waals surface area contributed by atoms with Gasteiger partial charge in [-0.1, -0.05) is 29.8 Å². The molecule has 1 aromatic rings. The van der Waals surface area contributed by atoms with Crippen molar-refractivity contribution in [3.05, 3.63) is 41.0 Å². The fraction of sp³-hybridized carbons (Fsp3) is 0.286. The third kappa shape index (κ3) is 2.28. The van der Waals surface area contributed by atoms with E-state index in [2.05, 4.69) is 0 Å². The van der Waals surface area contributed by atoms with Crippen molar-refractivity contribution in [1.82, 2.24) is 0 Å². The Hall–Kier alpha value is -1.90. The summed E-state index contributed by atoms with van der Waals surface area (Å²) in [6.45, 7) is 1.94. The largest absolute Gasteiger partial charge is 0.506 e. The lowest BCUT2D eigenvalue weighted by atomic mass is 9.90. The van der Waals surface area contributed by atoms with E-state index in [4.69, 9.17) is 0 Å². The molecule has 1 aliphatic carbocycles. The van der Waals surface area contributed by atoms with Crippen molar-refractivity contribution in [2.75, 3.05) is 0 Å². The monoisotopic (exact) mass is 230 g/mol. The van der Waals surface area contributed by atoms with Crippen molar-refractivity contribution >= 4 is 17.3 Å². The van der Waals surface area contributed by atoms with Crippen LogP contribution in [0.15, 0.2) is 29.8 Å². The lowest BCUT2D eigenvalue weighted by molar-refractivity contribution is -0.123. The van der Waals surface area contributed by atoms with Gasteiger partial charge < -0.3 is 5.11 Å². The number of aryl methyl sites for hydroxylation is 1. The number of hydrogen-bond acceptors (Lipinski definition) is 3. The van der Waals surface area contributed by atoms with E-state index in [0.717, 1.165) is 5.56 Å². The van der Waals surface area contributed by atoms with Crippen LogP contribution in [0.2, 0.25) is 0 Å². The topological polar surface area (TPSA) is 54.4 Å². The second-order valence-corrected chi connectivity index (χ2v) is 4.29. The van der Waals surface area contributed by atoms with Crippen LogP contribution in [0.5, 0.6) is 0 Å². The SMILES string of the molecule is Cc1ccc(C(O)=C2C(=O)CCCC2=O)cc1. The van der Waals surface area contributed by atoms with Gasteiger partial charge in [0, 0.05) is 18.4 Å². The molecule has 3 heteroatoms. The van der Waals surface area contributed by atoms with Gasteiger partial charge in [-0.2, -0.15) is 0 Å². The second-order valence-electron chi connectivity index (χ2n) is 4.29. The molecule has 1 saturated carbocycles. The van der Waals surface area contributed by atoms with Crippen molar-refractivity contribution in [2.24, 2.45) is 0 Å². The third-order valence-corrected chi connectivity index (χ3v) is 2.93. The fourth-order valence-electron chi connectivity index (χ4n) is 1.93. The molecule has 3 nitrogen and oxygen atoms in total. The molecule has 1 N–H and O–H groups in total. The van der Waals surface area contributed by atoms with Crippen molar-refractivity contribution in [1.29, 1.82) is 0 Å². The summed E-state index contributed by atoms with van der Waals surface area (Å²) in [6, 6.07) is 7.10. The van der Waals surface area contributed by atoms with E-state index in [1.54, 1.807) is 12.1 Å². The summed E-state index contributed by atoms with van der Waals surface area (Å²) in [7, 11) is 0. The third-order valence-electron chi connectivity index (χ3n) is 2.93. The van der Waals surface area contributed by atoms with Crippen LogP contribution in [0.1, 0.15) is 30.4 Å². The highest BCUT2D eigenvalue weighted by Crippen LogP contribution is 2.24. The molecule has 0 spiro atoms. The molecule has 88 valence electrons. The average Bonchev–Trinajstić information content (AvgIpc) is 2.29. The van der Waals surface area contributed by atoms with Gasteiger partial charge >= 0.3 is 0 Å². The number of carbonyl (C=O) groups excluding carboxylic acids is 2. The van der Waals surface area contributed by atoms with Gasteiger partial charge in [0.15, 0.2) is 11.6 Å². The molecule has 0 bridgehead atoms. The Morgan fingerprint density at radius 2 is 1.59 bits per heavy atom. The Kier molecular flexibility index (Phi) is 3.09. The first-order valence-electron chi connectivity index (χ1n) is 5.66. The van der Waals surface area contributed by atoms with E-state index in [9.17, 15) is 14.7 Å². The summed E-state index contributed by atoms with van der Waals surface area (Å²) < 4.78 is 0. The predicted molar refractivity (Wildman–Crippen MR) is 64.6 cm³/mol. The van der Waals surface area contributed by atoms with E-state index in [-0.39, 0.29) is 22.9 Å². The number of benzene rings is 1. The number of allylic oxidation sites excluding steroid dienone is 1. The van der Waals surface area contributed by atoms with E-state index in [1.165, 1.54) is 0 Å². The summed E-state index contributed by atoms with van der Waals surface area (Å²) in [6.07, 6.45) is 1.27. The maximum absolute atomic E-state index is 11.6. The number of aliphatic hydroxyl groups excluding tert-OH is 1. The number of Topliss-reactive ketones (excluding diaryl/α,β-unsaturated/α-hetero) is 2. The van der Waals surface area contributed by atoms with Gasteiger partial charge in [-0.05, 0) is 13.3 Å². The van der Waals surface area contributed by atoms with Gasteiger partial charge in [-0.15, -0.1) is 0 Å². The Morgan fingerprint density at radius 1 is 1.06 bits per heavy atom. The number of aliphatic hydroxyl groups is 1. The molecule has 17 heavy (non-hydrogen) atoms. The minimum absolute atomic E-state index is 0.0277. The molecule has 0 heterocycles. The van der Waals surface area contributed by atoms with Gasteiger partial charge in [0.2, 0.25) is 0 Å². The Labute approximate surface area is 99.8 Å². The van der Waals surface area contributed by atoms with Crippen molar-refractivity contribution in [3.63, 3.8) is 0 Å². The van der Waals surface area contributed by atoms with Crippen LogP contribution >= 0.6 is 0 Å². The fourth-order valence-corrected chi connectivity index (χ4v) is 1.93. The molecule has 2 rings (SSSR count). The van der Waals surface area contributed by atoms with Gasteiger partial charge in [-0.25, -0.2) is 0 Å². The normalized spacial score (nSPS) is 16.2. The molecule has 0 radical (unpaired) electrons. The van der Waals surface area contributed by atoms with E-state index < -0.39 is 0 Å². The van der Waals surface area contributed by atoms with Crippen molar-refractivity contribution in [3.8, 4) is 0 Å². The zero-order valence-electron chi connectivity index (χ0n) is 9.69.